The van der Waals surface area contributed by atoms with Gasteiger partial charge in [-0.25, -0.2) is 0 Å². The third-order valence-corrected chi connectivity index (χ3v) is 0. The fourth-order valence-corrected chi connectivity index (χ4v) is 0. The van der Waals surface area contributed by atoms with E-state index in [1.54, 1.807) is 4.75 Å². The molecular weight excluding hydrogens is 103 g/mol. The molecule has 0 saturated heterocycles. The second-order valence-corrected chi connectivity index (χ2v) is 0.0680. The predicted molar refractivity (Wildman–Crippen MR) is 8.67 cm³/mol. The minimum atomic E-state index is 0. The van der Waals surface area contributed by atoms with Crippen LogP contribution in [0.1, 0.15) is 0 Å². The molecule has 0 heterocycles. The molecule has 0 aliphatic rings. The zero-order chi connectivity index (χ0) is 2.71. The largest absolute Gasteiger partial charge is 1.00 e. The Bertz CT molecular complexity index is 11.1. The average Bonchev–Trinajstić information content (AvgIpc) is 0.918. The standard InChI is InChI=1S/K.O3.H2O/c;1-3-2;/h;;1H2/q+1;;/p-1. The van der Waals surface area contributed by atoms with Gasteiger partial charge in [0.1, 0.15) is 0 Å². The van der Waals surface area contributed by atoms with Crippen LogP contribution >= 0.6 is 0 Å². The normalized spacial score (nSPS) is 2.40. The van der Waals surface area contributed by atoms with Gasteiger partial charge in [0.25, 0.3) is 0 Å². The molecule has 4 nitrogen and oxygen atoms in total. The molecule has 0 aliphatic heterocycles. The summed E-state index contributed by atoms with van der Waals surface area (Å²) in [6.45, 7) is 0. The fraction of sp³-hybridized carbons (Fsp3) is 0. The maximum absolute atomic E-state index is 7.88. The van der Waals surface area contributed by atoms with Crippen LogP contribution in [0.4, 0.5) is 0 Å². The molecule has 0 rings (SSSR count). The third-order valence-electron chi connectivity index (χ3n) is 0. The number of hydrogen-bond acceptors (Lipinski definition) is 3. The summed E-state index contributed by atoms with van der Waals surface area (Å²) in [4.78, 5) is 7.88. The van der Waals surface area contributed by atoms with E-state index in [0.717, 1.165) is 0 Å². The van der Waals surface area contributed by atoms with Crippen LogP contribution in [0.5, 0.6) is 0 Å². The molecule has 1 N–H and O–H groups in total. The van der Waals surface area contributed by atoms with Crippen molar-refractivity contribution in [1.29, 1.82) is 0 Å². The van der Waals surface area contributed by atoms with Gasteiger partial charge in [0.05, 0.1) is 0 Å². The summed E-state index contributed by atoms with van der Waals surface area (Å²) in [5.74, 6) is 0. The molecule has 0 amide bonds. The van der Waals surface area contributed by atoms with Gasteiger partial charge in [-0.3, -0.25) is 0 Å². The quantitative estimate of drug-likeness (QED) is 0.135. The Morgan fingerprint density at radius 2 is 1.60 bits per heavy atom. The molecule has 26 valence electrons. The fourth-order valence-electron chi connectivity index (χ4n) is 0. The van der Waals surface area contributed by atoms with Gasteiger partial charge < -0.3 is 5.48 Å². The summed E-state index contributed by atoms with van der Waals surface area (Å²) in [7, 11) is 0. The second-order valence-electron chi connectivity index (χ2n) is 0.0680. The molecule has 0 aromatic rings. The predicted octanol–water partition coefficient (Wildman–Crippen LogP) is -4.29. The van der Waals surface area contributed by atoms with Gasteiger partial charge >= 0.3 is 51.4 Å². The Kier molecular flexibility index (Phi) is 66.8. The van der Waals surface area contributed by atoms with Crippen LogP contribution in [0.3, 0.4) is 0 Å². The topological polar surface area (TPSA) is 81.4 Å². The van der Waals surface area contributed by atoms with Crippen molar-refractivity contribution in [3.63, 3.8) is 0 Å². The van der Waals surface area contributed by atoms with Crippen molar-refractivity contribution in [2.45, 2.75) is 0 Å². The minimum absolute atomic E-state index is 0. The van der Waals surface area contributed by atoms with E-state index in [9.17, 15) is 0 Å². The van der Waals surface area contributed by atoms with Crippen LogP contribution in [0, 0.1) is 9.71 Å². The van der Waals surface area contributed by atoms with Crippen LogP contribution in [0.2, 0.25) is 0 Å². The molecule has 0 radical (unpaired) electrons. The first kappa shape index (κ1) is 16.7. The van der Waals surface area contributed by atoms with Crippen LogP contribution in [-0.2, 0) is 0 Å². The van der Waals surface area contributed by atoms with E-state index in [2.05, 4.69) is 0 Å². The summed E-state index contributed by atoms with van der Waals surface area (Å²) in [6.07, 6.45) is 0. The second kappa shape index (κ2) is 20.0. The Morgan fingerprint density at radius 3 is 1.60 bits per heavy atom. The van der Waals surface area contributed by atoms with Crippen molar-refractivity contribution in [1.82, 2.24) is 0 Å². The van der Waals surface area contributed by atoms with Crippen LogP contribution in [0.25, 0.3) is 0 Å². The van der Waals surface area contributed by atoms with Gasteiger partial charge in [-0.05, 0) is 0 Å². The molecule has 0 unspecified atom stereocenters. The Morgan fingerprint density at radius 1 is 1.60 bits per heavy atom. The first-order valence-electron chi connectivity index (χ1n) is 0.333. The maximum Gasteiger partial charge on any atom is 1.00 e. The molecule has 5 heteroatoms. The molecule has 0 aromatic carbocycles. The molecule has 0 aliphatic carbocycles. The molecule has 0 atom stereocenters. The maximum atomic E-state index is 7.88. The number of hydrogen-bond donors (Lipinski definition) is 0. The molecule has 0 bridgehead atoms. The SMILES string of the molecule is O=[O+][O-].[K+].[OH-]. The first-order chi connectivity index (χ1) is 1.41. The zero-order valence-corrected chi connectivity index (χ0v) is 5.80. The summed E-state index contributed by atoms with van der Waals surface area (Å²) in [5.41, 5.74) is 0. The molecular formula is HKO4. The Labute approximate surface area is 70.8 Å². The monoisotopic (exact) mass is 104 g/mol. The van der Waals surface area contributed by atoms with Crippen molar-refractivity contribution in [2.75, 3.05) is 0 Å². The average molecular weight is 104 g/mol. The molecule has 0 fully saturated rings. The van der Waals surface area contributed by atoms with E-state index in [0.29, 0.717) is 0 Å². The minimum Gasteiger partial charge on any atom is -0.870 e. The zero-order valence-electron chi connectivity index (χ0n) is 2.67. The van der Waals surface area contributed by atoms with E-state index in [4.69, 9.17) is 10.2 Å². The van der Waals surface area contributed by atoms with Crippen molar-refractivity contribution in [2.24, 2.45) is 0 Å². The van der Waals surface area contributed by atoms with Crippen molar-refractivity contribution in [3.8, 4) is 0 Å². The molecule has 0 aromatic heterocycles. The summed E-state index contributed by atoms with van der Waals surface area (Å²) < 4.78 is 1.75. The van der Waals surface area contributed by atoms with Gasteiger partial charge in [-0.1, -0.05) is 10.2 Å². The Hall–Kier alpha value is 0.996. The van der Waals surface area contributed by atoms with Gasteiger partial charge in [-0.2, -0.15) is 0 Å². The molecule has 0 saturated carbocycles. The van der Waals surface area contributed by atoms with Gasteiger partial charge in [0.15, 0.2) is 4.75 Å². The van der Waals surface area contributed by atoms with Crippen molar-refractivity contribution in [3.05, 3.63) is 9.71 Å². The van der Waals surface area contributed by atoms with E-state index >= 15 is 0 Å². The van der Waals surface area contributed by atoms with E-state index < -0.39 is 0 Å². The molecule has 5 heavy (non-hydrogen) atoms. The van der Waals surface area contributed by atoms with E-state index in [1.165, 1.54) is 0 Å². The van der Waals surface area contributed by atoms with E-state index in [1.807, 2.05) is 0 Å². The van der Waals surface area contributed by atoms with Gasteiger partial charge in [0, 0.05) is 0 Å². The van der Waals surface area contributed by atoms with Crippen LogP contribution in [-0.4, -0.2) is 5.48 Å². The Balaban J connectivity index is -0.0000000200. The van der Waals surface area contributed by atoms with Crippen LogP contribution in [0.15, 0.2) is 0 Å². The summed E-state index contributed by atoms with van der Waals surface area (Å²) >= 11 is 0. The van der Waals surface area contributed by atoms with Crippen LogP contribution < -0.4 is 56.6 Å². The number of rotatable bonds is 0. The van der Waals surface area contributed by atoms with Gasteiger partial charge in [-0.15, -0.1) is 0 Å². The van der Waals surface area contributed by atoms with Crippen molar-refractivity contribution >= 4 is 0 Å². The first-order valence-corrected chi connectivity index (χ1v) is 0.333. The van der Waals surface area contributed by atoms with Crippen molar-refractivity contribution < 1.29 is 62.1 Å². The van der Waals surface area contributed by atoms with Gasteiger partial charge in [0.2, 0.25) is 0 Å². The van der Waals surface area contributed by atoms with E-state index in [-0.39, 0.29) is 56.9 Å². The molecule has 0 spiro atoms. The third kappa shape index (κ3) is 45.2. The summed E-state index contributed by atoms with van der Waals surface area (Å²) in [5, 5.41) is 7.88. The smallest absolute Gasteiger partial charge is 0.870 e. The summed E-state index contributed by atoms with van der Waals surface area (Å²) in [6, 6.07) is 0.